The lowest BCUT2D eigenvalue weighted by Gasteiger charge is -2.20. The van der Waals surface area contributed by atoms with Crippen molar-refractivity contribution in [1.29, 1.82) is 0 Å². The van der Waals surface area contributed by atoms with Crippen molar-refractivity contribution in [2.24, 2.45) is 10.7 Å². The van der Waals surface area contributed by atoms with E-state index in [1.165, 1.54) is 6.20 Å². The molecule has 1 unspecified atom stereocenters. The summed E-state index contributed by atoms with van der Waals surface area (Å²) in [7, 11) is 0. The van der Waals surface area contributed by atoms with E-state index in [-0.39, 0.29) is 11.6 Å². The Hall–Kier alpha value is -1.28. The molecule has 0 bridgehead atoms. The fraction of sp³-hybridized carbons (Fsp3) is 0.300. The number of aliphatic imine (C=N–C) groups is 1. The number of aromatic nitrogens is 1. The quantitative estimate of drug-likeness (QED) is 0.850. The van der Waals surface area contributed by atoms with Crippen LogP contribution < -0.4 is 5.73 Å². The molecule has 0 fully saturated rings. The Labute approximate surface area is 115 Å². The fourth-order valence-corrected chi connectivity index (χ4v) is 2.70. The molecule has 1 aromatic rings. The summed E-state index contributed by atoms with van der Waals surface area (Å²) in [5.74, 6) is -0.912. The van der Waals surface area contributed by atoms with Gasteiger partial charge in [-0.05, 0) is 12.1 Å². The zero-order valence-corrected chi connectivity index (χ0v) is 10.8. The maximum atomic E-state index is 12.9. The lowest BCUT2D eigenvalue weighted by Crippen LogP contribution is -2.42. The number of hydrogen-bond donors (Lipinski definition) is 1. The van der Waals surface area contributed by atoms with Crippen molar-refractivity contribution in [2.45, 2.75) is 10.4 Å². The Morgan fingerprint density at radius 3 is 2.79 bits per heavy atom. The third-order valence-electron chi connectivity index (χ3n) is 2.45. The van der Waals surface area contributed by atoms with Gasteiger partial charge in [0.05, 0.1) is 17.1 Å². The van der Waals surface area contributed by atoms with Crippen LogP contribution in [0.5, 0.6) is 0 Å². The van der Waals surface area contributed by atoms with Crippen LogP contribution >= 0.6 is 23.4 Å². The number of nitrogens with two attached hydrogens (primary N) is 1. The second kappa shape index (κ2) is 4.68. The third-order valence-corrected chi connectivity index (χ3v) is 4.19. The van der Waals surface area contributed by atoms with Crippen LogP contribution in [0.3, 0.4) is 0 Å². The van der Waals surface area contributed by atoms with Gasteiger partial charge < -0.3 is 5.73 Å². The lowest BCUT2D eigenvalue weighted by atomic mass is 10.1. The van der Waals surface area contributed by atoms with Gasteiger partial charge in [0, 0.05) is 6.20 Å². The van der Waals surface area contributed by atoms with Crippen molar-refractivity contribution in [3.8, 4) is 0 Å². The minimum Gasteiger partial charge on any atom is -0.367 e. The van der Waals surface area contributed by atoms with Crippen molar-refractivity contribution >= 4 is 35.0 Å². The molecule has 9 heteroatoms. The van der Waals surface area contributed by atoms with E-state index in [1.807, 2.05) is 0 Å². The Kier molecular flexibility index (Phi) is 3.48. The van der Waals surface area contributed by atoms with Gasteiger partial charge >= 0.3 is 6.18 Å². The van der Waals surface area contributed by atoms with E-state index in [1.54, 1.807) is 0 Å². The molecule has 2 N–H and O–H groups in total. The standard InChI is InChI=1S/C10H7ClF3N3OS/c11-9(8(15)18)7(17-4-19-9)6-5(10(12,13)14)2-1-3-16-6/h1-3H,4H2,(H2,15,18). The average molecular weight is 310 g/mol. The number of rotatable bonds is 2. The van der Waals surface area contributed by atoms with Crippen molar-refractivity contribution in [3.63, 3.8) is 0 Å². The van der Waals surface area contributed by atoms with Crippen molar-refractivity contribution in [1.82, 2.24) is 4.98 Å². The van der Waals surface area contributed by atoms with Gasteiger partial charge in [-0.15, -0.1) is 0 Å². The van der Waals surface area contributed by atoms with Crippen LogP contribution in [0.25, 0.3) is 0 Å². The minimum absolute atomic E-state index is 0.0512. The van der Waals surface area contributed by atoms with Gasteiger partial charge in [-0.3, -0.25) is 14.8 Å². The Balaban J connectivity index is 2.58. The summed E-state index contributed by atoms with van der Waals surface area (Å²) in [6.45, 7) is 0. The molecule has 0 aromatic carbocycles. The summed E-state index contributed by atoms with van der Waals surface area (Å²) in [5, 5.41) is 0. The second-order valence-corrected chi connectivity index (χ2v) is 5.59. The molecule has 2 rings (SSSR count). The first kappa shape index (κ1) is 14.1. The zero-order chi connectivity index (χ0) is 14.3. The normalized spacial score (nSPS) is 23.3. The van der Waals surface area contributed by atoms with E-state index >= 15 is 0 Å². The molecular formula is C10H7ClF3N3OS. The topological polar surface area (TPSA) is 68.3 Å². The average Bonchev–Trinajstić information content (AvgIpc) is 2.71. The molecule has 0 saturated carbocycles. The number of primary amides is 1. The van der Waals surface area contributed by atoms with Crippen LogP contribution in [0.2, 0.25) is 0 Å². The molecule has 0 aliphatic carbocycles. The number of carbonyl (C=O) groups is 1. The van der Waals surface area contributed by atoms with Gasteiger partial charge in [0.25, 0.3) is 5.91 Å². The first-order valence-corrected chi connectivity index (χ1v) is 6.33. The van der Waals surface area contributed by atoms with Gasteiger partial charge in [0.2, 0.25) is 4.21 Å². The van der Waals surface area contributed by atoms with Crippen molar-refractivity contribution in [2.75, 3.05) is 5.88 Å². The number of hydrogen-bond acceptors (Lipinski definition) is 4. The maximum Gasteiger partial charge on any atom is 0.418 e. The number of halogens is 4. The maximum absolute atomic E-state index is 12.9. The van der Waals surface area contributed by atoms with Crippen LogP contribution in [0, 0.1) is 0 Å². The smallest absolute Gasteiger partial charge is 0.367 e. The highest BCUT2D eigenvalue weighted by atomic mass is 35.5. The predicted octanol–water partition coefficient (Wildman–Crippen LogP) is 2.01. The number of amides is 1. The SMILES string of the molecule is NC(=O)C1(Cl)SCN=C1c1ncccc1C(F)(F)F. The van der Waals surface area contributed by atoms with Crippen molar-refractivity contribution in [3.05, 3.63) is 29.6 Å². The highest BCUT2D eigenvalue weighted by Gasteiger charge is 2.48. The molecule has 1 aliphatic rings. The van der Waals surface area contributed by atoms with E-state index in [4.69, 9.17) is 17.3 Å². The summed E-state index contributed by atoms with van der Waals surface area (Å²) >= 11 is 6.83. The second-order valence-electron chi connectivity index (χ2n) is 3.64. The minimum atomic E-state index is -4.62. The van der Waals surface area contributed by atoms with Crippen LogP contribution in [0.4, 0.5) is 13.2 Å². The largest absolute Gasteiger partial charge is 0.418 e. The first-order valence-electron chi connectivity index (χ1n) is 4.97. The number of alkyl halides is 4. The number of thioether (sulfide) groups is 1. The molecule has 1 atom stereocenters. The molecule has 2 heterocycles. The number of pyridine rings is 1. The highest BCUT2D eigenvalue weighted by molar-refractivity contribution is 8.04. The summed E-state index contributed by atoms with van der Waals surface area (Å²) in [6.07, 6.45) is -3.44. The Morgan fingerprint density at radius 1 is 1.53 bits per heavy atom. The molecule has 1 aliphatic heterocycles. The third kappa shape index (κ3) is 2.42. The van der Waals surface area contributed by atoms with Gasteiger partial charge in [-0.2, -0.15) is 13.2 Å². The Bertz CT molecular complexity index is 563. The molecule has 0 spiro atoms. The van der Waals surface area contributed by atoms with Gasteiger partial charge in [-0.25, -0.2) is 0 Å². The summed E-state index contributed by atoms with van der Waals surface area (Å²) in [4.78, 5) is 18.8. The zero-order valence-electron chi connectivity index (χ0n) is 9.24. The highest BCUT2D eigenvalue weighted by Crippen LogP contribution is 2.41. The summed E-state index contributed by atoms with van der Waals surface area (Å²) < 4.78 is 36.9. The van der Waals surface area contributed by atoms with E-state index in [0.29, 0.717) is 0 Å². The lowest BCUT2D eigenvalue weighted by molar-refractivity contribution is -0.138. The fourth-order valence-electron chi connectivity index (χ4n) is 1.59. The van der Waals surface area contributed by atoms with Crippen LogP contribution in [0.15, 0.2) is 23.3 Å². The monoisotopic (exact) mass is 309 g/mol. The van der Waals surface area contributed by atoms with Gasteiger partial charge in [0.1, 0.15) is 5.71 Å². The molecule has 4 nitrogen and oxygen atoms in total. The summed E-state index contributed by atoms with van der Waals surface area (Å²) in [6, 6.07) is 2.00. The van der Waals surface area contributed by atoms with Crippen LogP contribution in [0.1, 0.15) is 11.3 Å². The van der Waals surface area contributed by atoms with Crippen molar-refractivity contribution < 1.29 is 18.0 Å². The number of carbonyl (C=O) groups excluding carboxylic acids is 1. The summed E-state index contributed by atoms with van der Waals surface area (Å²) in [5.41, 5.74) is 3.43. The Morgan fingerprint density at radius 2 is 2.21 bits per heavy atom. The first-order chi connectivity index (χ1) is 8.77. The van der Waals surface area contributed by atoms with E-state index in [0.717, 1.165) is 23.9 Å². The van der Waals surface area contributed by atoms with E-state index < -0.39 is 27.5 Å². The van der Waals surface area contributed by atoms with E-state index in [9.17, 15) is 18.0 Å². The molecule has 0 saturated heterocycles. The van der Waals surface area contributed by atoms with E-state index in [2.05, 4.69) is 9.98 Å². The molecule has 1 amide bonds. The predicted molar refractivity (Wildman–Crippen MR) is 66.0 cm³/mol. The molecular weight excluding hydrogens is 303 g/mol. The number of nitrogens with zero attached hydrogens (tertiary/aromatic N) is 2. The molecule has 0 radical (unpaired) electrons. The van der Waals surface area contributed by atoms with Crippen LogP contribution in [-0.4, -0.2) is 26.7 Å². The van der Waals surface area contributed by atoms with Gasteiger partial charge in [-0.1, -0.05) is 23.4 Å². The van der Waals surface area contributed by atoms with Gasteiger partial charge in [0.15, 0.2) is 0 Å². The molecule has 102 valence electrons. The van der Waals surface area contributed by atoms with Crippen LogP contribution in [-0.2, 0) is 11.0 Å². The molecule has 19 heavy (non-hydrogen) atoms. The molecule has 1 aromatic heterocycles.